The topological polar surface area (TPSA) is 3.88 Å². The fraction of sp³-hybridized carbons (Fsp3) is 0.364. The van der Waals surface area contributed by atoms with Crippen LogP contribution in [0.5, 0.6) is 0 Å². The summed E-state index contributed by atoms with van der Waals surface area (Å²) in [5.41, 5.74) is 1.06. The predicted molar refractivity (Wildman–Crippen MR) is 49.3 cm³/mol. The molecule has 1 rings (SSSR count). The number of rotatable bonds is 0. The van der Waals surface area contributed by atoms with Crippen LogP contribution in [0.3, 0.4) is 0 Å². The number of halogens is 1. The zero-order chi connectivity index (χ0) is 8.97. The third-order valence-electron chi connectivity index (χ3n) is 1.54. The molecular weight excluding hydrogens is 273 g/mol. The van der Waals surface area contributed by atoms with Crippen molar-refractivity contribution in [1.82, 2.24) is 0 Å². The van der Waals surface area contributed by atoms with E-state index in [-0.39, 0.29) is 24.0 Å². The number of nitrogens with zero attached hydrogens (tertiary/aromatic N) is 1. The average molecular weight is 287 g/mol. The zero-order valence-electron chi connectivity index (χ0n) is 8.21. The van der Waals surface area contributed by atoms with Crippen molar-refractivity contribution >= 4 is 0 Å². The van der Waals surface area contributed by atoms with Gasteiger partial charge in [0.15, 0.2) is 6.20 Å². The van der Waals surface area contributed by atoms with Crippen molar-refractivity contribution in [2.24, 2.45) is 13.0 Å². The minimum absolute atomic E-state index is 0. The molecule has 0 fully saturated rings. The monoisotopic (exact) mass is 287 g/mol. The van der Waals surface area contributed by atoms with Crippen LogP contribution in [0.1, 0.15) is 19.5 Å². The molecule has 1 aromatic heterocycles. The van der Waals surface area contributed by atoms with Crippen molar-refractivity contribution in [2.45, 2.75) is 13.8 Å². The molecule has 13 heavy (non-hydrogen) atoms. The van der Waals surface area contributed by atoms with E-state index in [0.29, 0.717) is 5.92 Å². The Labute approximate surface area is 97.2 Å². The van der Waals surface area contributed by atoms with Gasteiger partial charge < -0.3 is 24.0 Å². The van der Waals surface area contributed by atoms with Crippen LogP contribution in [0.2, 0.25) is 0 Å². The Morgan fingerprint density at radius 1 is 1.31 bits per heavy atom. The largest absolute Gasteiger partial charge is 1.00 e. The second-order valence-electron chi connectivity index (χ2n) is 3.12. The Kier molecular flexibility index (Phi) is 5.72. The zero-order valence-corrected chi connectivity index (χ0v) is 10.4. The van der Waals surface area contributed by atoms with Gasteiger partial charge in [0.25, 0.3) is 5.69 Å². The van der Waals surface area contributed by atoms with Gasteiger partial charge in [0.2, 0.25) is 0 Å². The summed E-state index contributed by atoms with van der Waals surface area (Å²) in [5, 5.41) is 0. The van der Waals surface area contributed by atoms with Gasteiger partial charge in [-0.1, -0.05) is 19.8 Å². The molecule has 0 aliphatic heterocycles. The number of hydrogen-bond donors (Lipinski definition) is 0. The molecule has 0 aliphatic carbocycles. The van der Waals surface area contributed by atoms with Crippen LogP contribution in [-0.2, 0) is 7.05 Å². The van der Waals surface area contributed by atoms with Crippen LogP contribution >= 0.6 is 0 Å². The minimum atomic E-state index is 0. The van der Waals surface area contributed by atoms with E-state index < -0.39 is 0 Å². The fourth-order valence-corrected chi connectivity index (χ4v) is 0.871. The molecule has 0 aromatic carbocycles. The SMILES string of the molecule is CC(C)C#Cc1cccc[n+]1C.[I-]. The molecule has 1 nitrogen and oxygen atoms in total. The summed E-state index contributed by atoms with van der Waals surface area (Å²) < 4.78 is 2.02. The first kappa shape index (κ1) is 12.4. The highest BCUT2D eigenvalue weighted by Crippen LogP contribution is 1.90. The summed E-state index contributed by atoms with van der Waals surface area (Å²) in [7, 11) is 2.00. The smallest absolute Gasteiger partial charge is 0.256 e. The van der Waals surface area contributed by atoms with Gasteiger partial charge in [-0.05, 0) is 6.07 Å². The average Bonchev–Trinajstić information content (AvgIpc) is 2.03. The van der Waals surface area contributed by atoms with E-state index in [1.54, 1.807) is 0 Å². The Hall–Kier alpha value is -0.560. The third-order valence-corrected chi connectivity index (χ3v) is 1.54. The second-order valence-corrected chi connectivity index (χ2v) is 3.12. The van der Waals surface area contributed by atoms with Crippen LogP contribution in [-0.4, -0.2) is 0 Å². The van der Waals surface area contributed by atoms with Crippen molar-refractivity contribution in [3.05, 3.63) is 30.1 Å². The van der Waals surface area contributed by atoms with Crippen molar-refractivity contribution < 1.29 is 28.5 Å². The van der Waals surface area contributed by atoms with Gasteiger partial charge in [-0.15, -0.1) is 0 Å². The highest BCUT2D eigenvalue weighted by molar-refractivity contribution is 5.23. The van der Waals surface area contributed by atoms with Crippen LogP contribution in [0.15, 0.2) is 24.4 Å². The lowest BCUT2D eigenvalue weighted by atomic mass is 10.2. The van der Waals surface area contributed by atoms with Gasteiger partial charge in [-0.3, -0.25) is 0 Å². The molecule has 0 unspecified atom stereocenters. The van der Waals surface area contributed by atoms with Gasteiger partial charge in [-0.25, -0.2) is 0 Å². The normalized spacial score (nSPS) is 8.62. The Morgan fingerprint density at radius 2 is 2.00 bits per heavy atom. The molecule has 0 aliphatic rings. The molecular formula is C11H14IN. The number of hydrogen-bond acceptors (Lipinski definition) is 0. The van der Waals surface area contributed by atoms with Crippen LogP contribution < -0.4 is 28.5 Å². The molecule has 0 spiro atoms. The van der Waals surface area contributed by atoms with Crippen molar-refractivity contribution in [2.75, 3.05) is 0 Å². The second kappa shape index (κ2) is 5.98. The Balaban J connectivity index is 0.00000144. The summed E-state index contributed by atoms with van der Waals surface area (Å²) in [6, 6.07) is 6.03. The number of aromatic nitrogens is 1. The lowest BCUT2D eigenvalue weighted by Gasteiger charge is -1.90. The quantitative estimate of drug-likeness (QED) is 0.311. The highest BCUT2D eigenvalue weighted by Gasteiger charge is 1.97. The standard InChI is InChI=1S/C11H14N.HI/c1-10(2)7-8-11-6-4-5-9-12(11)3;/h4-6,9-10H,1-3H3;1H/q+1;/p-1. The molecule has 0 atom stereocenters. The molecule has 1 heterocycles. The molecule has 1 aromatic rings. The summed E-state index contributed by atoms with van der Waals surface area (Å²) in [6.07, 6.45) is 2.00. The van der Waals surface area contributed by atoms with Crippen LogP contribution in [0.25, 0.3) is 0 Å². The summed E-state index contributed by atoms with van der Waals surface area (Å²) in [4.78, 5) is 0. The number of aryl methyl sites for hydroxylation is 1. The first-order chi connectivity index (χ1) is 5.70. The summed E-state index contributed by atoms with van der Waals surface area (Å²) in [5.74, 6) is 6.69. The molecule has 0 saturated carbocycles. The number of pyridine rings is 1. The van der Waals surface area contributed by atoms with E-state index in [4.69, 9.17) is 0 Å². The van der Waals surface area contributed by atoms with Crippen LogP contribution in [0.4, 0.5) is 0 Å². The van der Waals surface area contributed by atoms with Crippen molar-refractivity contribution in [1.29, 1.82) is 0 Å². The summed E-state index contributed by atoms with van der Waals surface area (Å²) in [6.45, 7) is 4.19. The predicted octanol–water partition coefficient (Wildman–Crippen LogP) is -1.48. The fourth-order valence-electron chi connectivity index (χ4n) is 0.871. The Morgan fingerprint density at radius 3 is 2.54 bits per heavy atom. The van der Waals surface area contributed by atoms with E-state index >= 15 is 0 Å². The van der Waals surface area contributed by atoms with Gasteiger partial charge >= 0.3 is 0 Å². The maximum Gasteiger partial charge on any atom is 0.256 e. The van der Waals surface area contributed by atoms with E-state index in [0.717, 1.165) is 5.69 Å². The third kappa shape index (κ3) is 4.28. The van der Waals surface area contributed by atoms with E-state index in [9.17, 15) is 0 Å². The van der Waals surface area contributed by atoms with E-state index in [1.807, 2.05) is 36.0 Å². The maximum atomic E-state index is 3.13. The van der Waals surface area contributed by atoms with Crippen molar-refractivity contribution in [3.8, 4) is 11.8 Å². The summed E-state index contributed by atoms with van der Waals surface area (Å²) >= 11 is 0. The highest BCUT2D eigenvalue weighted by atomic mass is 127. The molecule has 70 valence electrons. The van der Waals surface area contributed by atoms with Gasteiger partial charge in [0, 0.05) is 24.0 Å². The van der Waals surface area contributed by atoms with E-state index in [2.05, 4.69) is 25.7 Å². The molecule has 2 heteroatoms. The van der Waals surface area contributed by atoms with Crippen LogP contribution in [0, 0.1) is 17.8 Å². The first-order valence-electron chi connectivity index (χ1n) is 4.16. The lowest BCUT2D eigenvalue weighted by Crippen LogP contribution is -3.00. The molecule has 0 saturated heterocycles. The lowest BCUT2D eigenvalue weighted by molar-refractivity contribution is -0.673. The van der Waals surface area contributed by atoms with Crippen molar-refractivity contribution in [3.63, 3.8) is 0 Å². The molecule has 0 N–H and O–H groups in total. The molecule has 0 bridgehead atoms. The minimum Gasteiger partial charge on any atom is -1.00 e. The van der Waals surface area contributed by atoms with Gasteiger partial charge in [0.1, 0.15) is 7.05 Å². The van der Waals surface area contributed by atoms with E-state index in [1.165, 1.54) is 0 Å². The maximum absolute atomic E-state index is 3.13. The van der Waals surface area contributed by atoms with Gasteiger partial charge in [0.05, 0.1) is 0 Å². The Bertz CT molecular complexity index is 320. The first-order valence-corrected chi connectivity index (χ1v) is 4.16. The molecule has 0 radical (unpaired) electrons. The van der Waals surface area contributed by atoms with Gasteiger partial charge in [-0.2, -0.15) is 4.57 Å². The molecule has 0 amide bonds.